The molecule has 0 spiro atoms. The third kappa shape index (κ3) is 4.00. The number of rotatable bonds is 6. The molecule has 0 bridgehead atoms. The highest BCUT2D eigenvalue weighted by Gasteiger charge is 2.14. The zero-order valence-corrected chi connectivity index (χ0v) is 15.9. The highest BCUT2D eigenvalue weighted by atomic mass is 32.1. The van der Waals surface area contributed by atoms with Gasteiger partial charge in [0.25, 0.3) is 5.69 Å². The van der Waals surface area contributed by atoms with Gasteiger partial charge < -0.3 is 9.47 Å². The number of nitro benzene ring substituents is 1. The van der Waals surface area contributed by atoms with E-state index in [-0.39, 0.29) is 11.3 Å². The monoisotopic (exact) mass is 393 g/mol. The van der Waals surface area contributed by atoms with E-state index in [1.165, 1.54) is 36.6 Å². The van der Waals surface area contributed by atoms with Crippen LogP contribution in [0.15, 0.2) is 47.8 Å². The lowest BCUT2D eigenvalue weighted by atomic mass is 10.1. The number of hydrogen-bond acceptors (Lipinski definition) is 7. The first kappa shape index (κ1) is 19.1. The minimum Gasteiger partial charge on any atom is -0.497 e. The van der Waals surface area contributed by atoms with Gasteiger partial charge in [-0.1, -0.05) is 12.1 Å². The molecular formula is C20H15N3O4S. The molecule has 1 heterocycles. The van der Waals surface area contributed by atoms with Crippen molar-refractivity contribution < 1.29 is 14.4 Å². The van der Waals surface area contributed by atoms with E-state index in [2.05, 4.69) is 11.1 Å². The Morgan fingerprint density at radius 1 is 1.25 bits per heavy atom. The molecule has 0 radical (unpaired) electrons. The Morgan fingerprint density at radius 3 is 2.75 bits per heavy atom. The van der Waals surface area contributed by atoms with Crippen molar-refractivity contribution in [1.82, 2.24) is 4.98 Å². The zero-order chi connectivity index (χ0) is 20.1. The van der Waals surface area contributed by atoms with Crippen LogP contribution in [-0.2, 0) is 0 Å². The molecule has 0 unspecified atom stereocenters. The van der Waals surface area contributed by atoms with E-state index >= 15 is 0 Å². The molecule has 0 amide bonds. The predicted octanol–water partition coefficient (Wildman–Crippen LogP) is 4.80. The van der Waals surface area contributed by atoms with Crippen molar-refractivity contribution in [2.45, 2.75) is 0 Å². The minimum absolute atomic E-state index is 0.0828. The van der Waals surface area contributed by atoms with Gasteiger partial charge in [-0.05, 0) is 24.3 Å². The Balaban J connectivity index is 2.01. The summed E-state index contributed by atoms with van der Waals surface area (Å²) in [6, 6.07) is 13.8. The smallest absolute Gasteiger partial charge is 0.270 e. The normalized spacial score (nSPS) is 11.0. The summed E-state index contributed by atoms with van der Waals surface area (Å²) in [6.07, 6.45) is 1.54. The number of hydrogen-bond donors (Lipinski definition) is 0. The molecule has 0 saturated heterocycles. The summed E-state index contributed by atoms with van der Waals surface area (Å²) in [6.45, 7) is 0. The summed E-state index contributed by atoms with van der Waals surface area (Å²) in [4.78, 5) is 15.1. The van der Waals surface area contributed by atoms with Crippen LogP contribution in [0, 0.1) is 21.4 Å². The van der Waals surface area contributed by atoms with Gasteiger partial charge in [-0.2, -0.15) is 5.26 Å². The van der Waals surface area contributed by atoms with Crippen LogP contribution in [0.2, 0.25) is 0 Å². The number of non-ortho nitro benzene ring substituents is 1. The third-order valence-corrected chi connectivity index (χ3v) is 4.82. The molecule has 0 aliphatic rings. The van der Waals surface area contributed by atoms with Gasteiger partial charge in [-0.25, -0.2) is 4.98 Å². The van der Waals surface area contributed by atoms with Gasteiger partial charge in [0.1, 0.15) is 22.6 Å². The minimum atomic E-state index is -0.493. The van der Waals surface area contributed by atoms with Gasteiger partial charge in [-0.15, -0.1) is 11.3 Å². The fourth-order valence-corrected chi connectivity index (χ4v) is 3.35. The summed E-state index contributed by atoms with van der Waals surface area (Å²) in [5, 5.41) is 23.0. The summed E-state index contributed by atoms with van der Waals surface area (Å²) >= 11 is 1.32. The molecule has 2 aromatic carbocycles. The molecule has 0 atom stereocenters. The quantitative estimate of drug-likeness (QED) is 0.339. The van der Waals surface area contributed by atoms with Gasteiger partial charge in [-0.3, -0.25) is 10.1 Å². The molecule has 0 aliphatic heterocycles. The molecule has 1 aromatic heterocycles. The number of thiazole rings is 1. The number of nitro groups is 1. The van der Waals surface area contributed by atoms with Crippen molar-refractivity contribution in [3.05, 3.63) is 68.5 Å². The van der Waals surface area contributed by atoms with Gasteiger partial charge in [0.05, 0.1) is 30.4 Å². The molecule has 7 nitrogen and oxygen atoms in total. The van der Waals surface area contributed by atoms with Gasteiger partial charge in [0.2, 0.25) is 0 Å². The van der Waals surface area contributed by atoms with E-state index in [0.717, 1.165) is 5.56 Å². The van der Waals surface area contributed by atoms with Crippen molar-refractivity contribution in [3.63, 3.8) is 0 Å². The largest absolute Gasteiger partial charge is 0.497 e. The molecule has 3 aromatic rings. The average Bonchev–Trinajstić information content (AvgIpc) is 3.21. The Kier molecular flexibility index (Phi) is 5.67. The standard InChI is InChI=1S/C20H15N3O4S/c1-26-17-5-3-4-13(10-17)18-12-28-20(22-18)15(11-21)8-14-9-16(23(24)25)6-7-19(14)27-2/h3-10,12H,1-2H3. The molecule has 28 heavy (non-hydrogen) atoms. The molecule has 140 valence electrons. The summed E-state index contributed by atoms with van der Waals surface area (Å²) < 4.78 is 10.5. The number of allylic oxidation sites excluding steroid dienone is 1. The fraction of sp³-hybridized carbons (Fsp3) is 0.100. The van der Waals surface area contributed by atoms with Gasteiger partial charge in [0.15, 0.2) is 0 Å². The summed E-state index contributed by atoms with van der Waals surface area (Å²) in [5.74, 6) is 1.15. The first-order chi connectivity index (χ1) is 13.5. The van der Waals surface area contributed by atoms with Crippen LogP contribution in [-0.4, -0.2) is 24.1 Å². The van der Waals surface area contributed by atoms with E-state index in [9.17, 15) is 15.4 Å². The molecule has 8 heteroatoms. The lowest BCUT2D eigenvalue weighted by Crippen LogP contribution is -1.92. The number of benzene rings is 2. The lowest BCUT2D eigenvalue weighted by Gasteiger charge is -2.05. The highest BCUT2D eigenvalue weighted by molar-refractivity contribution is 7.11. The topological polar surface area (TPSA) is 98.3 Å². The second kappa shape index (κ2) is 8.33. The Labute approximate surface area is 165 Å². The first-order valence-corrected chi connectivity index (χ1v) is 8.98. The maximum absolute atomic E-state index is 11.0. The maximum Gasteiger partial charge on any atom is 0.270 e. The Hall–Kier alpha value is -3.70. The summed E-state index contributed by atoms with van der Waals surface area (Å²) in [5.41, 5.74) is 2.22. The van der Waals surface area contributed by atoms with E-state index in [4.69, 9.17) is 9.47 Å². The number of nitrogens with zero attached hydrogens (tertiary/aromatic N) is 3. The second-order valence-electron chi connectivity index (χ2n) is 5.62. The van der Waals surface area contributed by atoms with Crippen LogP contribution >= 0.6 is 11.3 Å². The first-order valence-electron chi connectivity index (χ1n) is 8.10. The van der Waals surface area contributed by atoms with Crippen LogP contribution < -0.4 is 9.47 Å². The molecule has 0 N–H and O–H groups in total. The Morgan fingerprint density at radius 2 is 2.07 bits per heavy atom. The van der Waals surface area contributed by atoms with Crippen LogP contribution in [0.4, 0.5) is 5.69 Å². The predicted molar refractivity (Wildman–Crippen MR) is 107 cm³/mol. The van der Waals surface area contributed by atoms with E-state index in [1.54, 1.807) is 13.2 Å². The summed E-state index contributed by atoms with van der Waals surface area (Å²) in [7, 11) is 3.06. The van der Waals surface area contributed by atoms with Gasteiger partial charge >= 0.3 is 0 Å². The molecule has 3 rings (SSSR count). The van der Waals surface area contributed by atoms with Crippen LogP contribution in [0.5, 0.6) is 11.5 Å². The number of aromatic nitrogens is 1. The highest BCUT2D eigenvalue weighted by Crippen LogP contribution is 2.31. The van der Waals surface area contributed by atoms with Crippen molar-refractivity contribution in [3.8, 4) is 28.8 Å². The molecule has 0 aliphatic carbocycles. The fourth-order valence-electron chi connectivity index (χ4n) is 2.56. The Bertz CT molecular complexity index is 1100. The van der Waals surface area contributed by atoms with Crippen LogP contribution in [0.1, 0.15) is 10.6 Å². The average molecular weight is 393 g/mol. The zero-order valence-electron chi connectivity index (χ0n) is 15.1. The SMILES string of the molecule is COc1cccc(-c2csc(C(C#N)=Cc3cc([N+](=O)[O-])ccc3OC)n2)c1. The second-order valence-corrected chi connectivity index (χ2v) is 6.48. The van der Waals surface area contributed by atoms with Crippen molar-refractivity contribution in [2.75, 3.05) is 14.2 Å². The van der Waals surface area contributed by atoms with E-state index in [0.29, 0.717) is 27.8 Å². The van der Waals surface area contributed by atoms with Crippen LogP contribution in [0.3, 0.4) is 0 Å². The van der Waals surface area contributed by atoms with E-state index in [1.807, 2.05) is 29.6 Å². The third-order valence-electron chi connectivity index (χ3n) is 3.94. The number of ether oxygens (including phenoxy) is 2. The van der Waals surface area contributed by atoms with E-state index < -0.39 is 4.92 Å². The molecule has 0 saturated carbocycles. The van der Waals surface area contributed by atoms with Crippen molar-refractivity contribution >= 4 is 28.7 Å². The maximum atomic E-state index is 11.0. The van der Waals surface area contributed by atoms with Gasteiger partial charge in [0, 0.05) is 28.6 Å². The number of nitriles is 1. The van der Waals surface area contributed by atoms with Crippen LogP contribution in [0.25, 0.3) is 22.9 Å². The number of methoxy groups -OCH3 is 2. The van der Waals surface area contributed by atoms with Crippen molar-refractivity contribution in [2.24, 2.45) is 0 Å². The molecule has 0 fully saturated rings. The lowest BCUT2D eigenvalue weighted by molar-refractivity contribution is -0.384. The van der Waals surface area contributed by atoms with Crippen molar-refractivity contribution in [1.29, 1.82) is 5.26 Å². The molecular weight excluding hydrogens is 378 g/mol.